The minimum atomic E-state index is -0.452. The molecule has 0 saturated carbocycles. The van der Waals surface area contributed by atoms with Crippen LogP contribution in [0.15, 0.2) is 64.5 Å². The lowest BCUT2D eigenvalue weighted by molar-refractivity contribution is 0.0444. The van der Waals surface area contributed by atoms with Crippen molar-refractivity contribution in [2.75, 3.05) is 18.5 Å². The Morgan fingerprint density at radius 2 is 1.96 bits per heavy atom. The van der Waals surface area contributed by atoms with Crippen molar-refractivity contribution in [3.05, 3.63) is 75.7 Å². The number of esters is 1. The Morgan fingerprint density at radius 3 is 2.77 bits per heavy atom. The fraction of sp³-hybridized carbons (Fsp3) is 0.158. The van der Waals surface area contributed by atoms with E-state index < -0.39 is 5.97 Å². The number of carbonyl (C=O) groups excluding carboxylic acids is 1. The highest BCUT2D eigenvalue weighted by Gasteiger charge is 2.12. The molecule has 134 valence electrons. The van der Waals surface area contributed by atoms with Crippen LogP contribution in [0.1, 0.15) is 16.1 Å². The highest BCUT2D eigenvalue weighted by atomic mass is 79.9. The second kappa shape index (κ2) is 9.35. The molecule has 0 saturated heterocycles. The predicted octanol–water partition coefficient (Wildman–Crippen LogP) is 4.75. The lowest BCUT2D eigenvalue weighted by atomic mass is 10.2. The van der Waals surface area contributed by atoms with Crippen LogP contribution < -0.4 is 10.1 Å². The van der Waals surface area contributed by atoms with E-state index in [1.807, 2.05) is 54.6 Å². The van der Waals surface area contributed by atoms with Crippen LogP contribution in [-0.4, -0.2) is 24.2 Å². The number of rotatable bonds is 8. The van der Waals surface area contributed by atoms with Crippen molar-refractivity contribution in [2.24, 2.45) is 0 Å². The van der Waals surface area contributed by atoms with Gasteiger partial charge in [-0.3, -0.25) is 0 Å². The van der Waals surface area contributed by atoms with E-state index in [4.69, 9.17) is 9.47 Å². The van der Waals surface area contributed by atoms with Gasteiger partial charge in [-0.05, 0) is 23.8 Å². The van der Waals surface area contributed by atoms with Crippen LogP contribution in [0.25, 0.3) is 0 Å². The van der Waals surface area contributed by atoms with Gasteiger partial charge in [0.15, 0.2) is 10.8 Å². The maximum atomic E-state index is 12.0. The van der Waals surface area contributed by atoms with E-state index in [0.29, 0.717) is 17.4 Å². The van der Waals surface area contributed by atoms with Crippen LogP contribution in [0.3, 0.4) is 0 Å². The summed E-state index contributed by atoms with van der Waals surface area (Å²) in [6.07, 6.45) is 0. The Balaban J connectivity index is 1.41. The van der Waals surface area contributed by atoms with Crippen LogP contribution in [0.2, 0.25) is 0 Å². The molecule has 0 amide bonds. The maximum Gasteiger partial charge on any atom is 0.358 e. The molecule has 0 spiro atoms. The zero-order valence-corrected chi connectivity index (χ0v) is 16.3. The molecule has 0 fully saturated rings. The zero-order valence-electron chi connectivity index (χ0n) is 13.9. The molecule has 26 heavy (non-hydrogen) atoms. The van der Waals surface area contributed by atoms with E-state index in [1.54, 1.807) is 5.38 Å². The summed E-state index contributed by atoms with van der Waals surface area (Å²) < 4.78 is 11.7. The number of nitrogens with zero attached hydrogens (tertiary/aromatic N) is 1. The largest absolute Gasteiger partial charge is 0.490 e. The van der Waals surface area contributed by atoms with Crippen molar-refractivity contribution in [3.63, 3.8) is 0 Å². The third-order valence-electron chi connectivity index (χ3n) is 3.38. The van der Waals surface area contributed by atoms with Crippen LogP contribution in [0.4, 0.5) is 5.13 Å². The van der Waals surface area contributed by atoms with E-state index in [9.17, 15) is 4.79 Å². The van der Waals surface area contributed by atoms with Crippen molar-refractivity contribution in [1.29, 1.82) is 0 Å². The number of aromatic nitrogens is 1. The molecule has 0 unspecified atom stereocenters. The Labute approximate surface area is 164 Å². The minimum absolute atomic E-state index is 0.162. The Kier molecular flexibility index (Phi) is 6.62. The molecule has 0 bridgehead atoms. The summed E-state index contributed by atoms with van der Waals surface area (Å²) in [6, 6.07) is 17.5. The molecule has 1 N–H and O–H groups in total. The Morgan fingerprint density at radius 1 is 1.12 bits per heavy atom. The number of anilines is 1. The number of benzene rings is 2. The van der Waals surface area contributed by atoms with E-state index in [0.717, 1.165) is 15.8 Å². The molecular formula is C19H17BrN2O3S. The van der Waals surface area contributed by atoms with Gasteiger partial charge in [-0.2, -0.15) is 0 Å². The van der Waals surface area contributed by atoms with Gasteiger partial charge in [0.05, 0.1) is 0 Å². The third kappa shape index (κ3) is 5.57. The fourth-order valence-electron chi connectivity index (χ4n) is 2.15. The van der Waals surface area contributed by atoms with Crippen molar-refractivity contribution in [3.8, 4) is 5.75 Å². The summed E-state index contributed by atoms with van der Waals surface area (Å²) in [6.45, 7) is 1.10. The molecule has 0 aliphatic heterocycles. The quantitative estimate of drug-likeness (QED) is 0.410. The maximum absolute atomic E-state index is 12.0. The smallest absolute Gasteiger partial charge is 0.358 e. The molecule has 3 rings (SSSR count). The number of carbonyl (C=O) groups is 1. The number of ether oxygens (including phenoxy) is 2. The highest BCUT2D eigenvalue weighted by molar-refractivity contribution is 9.10. The topological polar surface area (TPSA) is 60.5 Å². The monoisotopic (exact) mass is 432 g/mol. The predicted molar refractivity (Wildman–Crippen MR) is 106 cm³/mol. The molecule has 2 aromatic carbocycles. The molecular weight excluding hydrogens is 416 g/mol. The van der Waals surface area contributed by atoms with Crippen LogP contribution >= 0.6 is 27.3 Å². The molecule has 1 heterocycles. The standard InChI is InChI=1S/C19H17BrN2O3S/c20-15-7-4-8-16(11-15)24-9-10-25-18(23)17-13-26-19(22-17)21-12-14-5-2-1-3-6-14/h1-8,11,13H,9-10,12H2,(H,21,22). The second-order valence-corrected chi connectivity index (χ2v) is 7.09. The summed E-state index contributed by atoms with van der Waals surface area (Å²) in [5, 5.41) is 5.57. The van der Waals surface area contributed by atoms with E-state index in [1.165, 1.54) is 11.3 Å². The molecule has 7 heteroatoms. The first kappa shape index (κ1) is 18.4. The van der Waals surface area contributed by atoms with Gasteiger partial charge in [0.2, 0.25) is 0 Å². The molecule has 5 nitrogen and oxygen atoms in total. The average Bonchev–Trinajstić information content (AvgIpc) is 3.13. The first-order chi connectivity index (χ1) is 12.7. The number of nitrogens with one attached hydrogen (secondary N) is 1. The number of hydrogen-bond acceptors (Lipinski definition) is 6. The lowest BCUT2D eigenvalue weighted by Gasteiger charge is -2.06. The lowest BCUT2D eigenvalue weighted by Crippen LogP contribution is -2.12. The summed E-state index contributed by atoms with van der Waals surface area (Å²) in [5.41, 5.74) is 1.45. The normalized spacial score (nSPS) is 10.3. The third-order valence-corrected chi connectivity index (χ3v) is 4.67. The molecule has 3 aromatic rings. The van der Waals surface area contributed by atoms with Gasteiger partial charge in [-0.25, -0.2) is 9.78 Å². The fourth-order valence-corrected chi connectivity index (χ4v) is 3.20. The Hall–Kier alpha value is -2.38. The van der Waals surface area contributed by atoms with E-state index >= 15 is 0 Å². The summed E-state index contributed by atoms with van der Waals surface area (Å²) in [5.74, 6) is 0.267. The van der Waals surface area contributed by atoms with Gasteiger partial charge >= 0.3 is 5.97 Å². The summed E-state index contributed by atoms with van der Waals surface area (Å²) in [7, 11) is 0. The van der Waals surface area contributed by atoms with Crippen LogP contribution in [-0.2, 0) is 11.3 Å². The van der Waals surface area contributed by atoms with Crippen molar-refractivity contribution in [1.82, 2.24) is 4.98 Å². The molecule has 0 aliphatic rings. The Bertz CT molecular complexity index is 855. The molecule has 0 aliphatic carbocycles. The van der Waals surface area contributed by atoms with Gasteiger partial charge in [-0.1, -0.05) is 52.3 Å². The number of halogens is 1. The number of hydrogen-bond donors (Lipinski definition) is 1. The van der Waals surface area contributed by atoms with Gasteiger partial charge in [0.25, 0.3) is 0 Å². The zero-order chi connectivity index (χ0) is 18.2. The number of thiazole rings is 1. The first-order valence-corrected chi connectivity index (χ1v) is 9.67. The van der Waals surface area contributed by atoms with Crippen LogP contribution in [0.5, 0.6) is 5.75 Å². The SMILES string of the molecule is O=C(OCCOc1cccc(Br)c1)c1csc(NCc2ccccc2)n1. The van der Waals surface area contributed by atoms with Gasteiger partial charge in [0.1, 0.15) is 19.0 Å². The summed E-state index contributed by atoms with van der Waals surface area (Å²) >= 11 is 4.75. The van der Waals surface area contributed by atoms with Crippen molar-refractivity contribution < 1.29 is 14.3 Å². The van der Waals surface area contributed by atoms with Crippen molar-refractivity contribution >= 4 is 38.4 Å². The molecule has 0 atom stereocenters. The second-order valence-electron chi connectivity index (χ2n) is 5.32. The van der Waals surface area contributed by atoms with Crippen molar-refractivity contribution in [2.45, 2.75) is 6.54 Å². The van der Waals surface area contributed by atoms with Crippen LogP contribution in [0, 0.1) is 0 Å². The molecule has 0 radical (unpaired) electrons. The van der Waals surface area contributed by atoms with Gasteiger partial charge < -0.3 is 14.8 Å². The highest BCUT2D eigenvalue weighted by Crippen LogP contribution is 2.18. The first-order valence-electron chi connectivity index (χ1n) is 7.99. The van der Waals surface area contributed by atoms with E-state index in [2.05, 4.69) is 26.2 Å². The minimum Gasteiger partial charge on any atom is -0.490 e. The van der Waals surface area contributed by atoms with Gasteiger partial charge in [-0.15, -0.1) is 11.3 Å². The van der Waals surface area contributed by atoms with Gasteiger partial charge in [0, 0.05) is 16.4 Å². The summed E-state index contributed by atoms with van der Waals surface area (Å²) in [4.78, 5) is 16.3. The average molecular weight is 433 g/mol. The van der Waals surface area contributed by atoms with E-state index in [-0.39, 0.29) is 13.2 Å². The molecule has 1 aromatic heterocycles.